The Hall–Kier alpha value is -2.49. The Kier molecular flexibility index (Phi) is 3.71. The highest BCUT2D eigenvalue weighted by atomic mass is 16.1. The highest BCUT2D eigenvalue weighted by Gasteiger charge is 2.07. The van der Waals surface area contributed by atoms with E-state index in [-0.39, 0.29) is 11.7 Å². The fraction of sp³-hybridized carbons (Fsp3) is 0.133. The maximum atomic E-state index is 12.0. The van der Waals surface area contributed by atoms with Crippen LogP contribution in [0.5, 0.6) is 0 Å². The molecule has 0 saturated heterocycles. The van der Waals surface area contributed by atoms with E-state index in [1.807, 2.05) is 6.92 Å². The molecule has 0 fully saturated rings. The minimum atomic E-state index is -0.239. The molecule has 0 atom stereocenters. The summed E-state index contributed by atoms with van der Waals surface area (Å²) in [6, 6.07) is 8.61. The summed E-state index contributed by atoms with van der Waals surface area (Å²) >= 11 is 0. The Morgan fingerprint density at radius 3 is 2.58 bits per heavy atom. The first-order chi connectivity index (χ1) is 9.06. The van der Waals surface area contributed by atoms with Crippen LogP contribution in [0, 0.1) is 6.92 Å². The average molecular weight is 254 g/mol. The largest absolute Gasteiger partial charge is 0.322 e. The number of hydrogen-bond donors (Lipinski definition) is 1. The molecule has 4 heteroatoms. The second-order valence-corrected chi connectivity index (χ2v) is 4.34. The summed E-state index contributed by atoms with van der Waals surface area (Å²) in [5.74, 6) is -0.273. The number of hydrogen-bond acceptors (Lipinski definition) is 3. The number of pyridine rings is 1. The van der Waals surface area contributed by atoms with Gasteiger partial charge in [0, 0.05) is 23.6 Å². The van der Waals surface area contributed by atoms with Crippen LogP contribution in [0.3, 0.4) is 0 Å². The number of anilines is 1. The Bertz CT molecular complexity index is 636. The summed E-state index contributed by atoms with van der Waals surface area (Å²) in [7, 11) is 0. The Balaban J connectivity index is 2.19. The third-order valence-electron chi connectivity index (χ3n) is 2.66. The molecule has 0 saturated carbocycles. The van der Waals surface area contributed by atoms with Crippen LogP contribution >= 0.6 is 0 Å². The van der Waals surface area contributed by atoms with Crippen molar-refractivity contribution in [3.05, 3.63) is 59.4 Å². The lowest BCUT2D eigenvalue weighted by atomic mass is 10.1. The molecular weight excluding hydrogens is 240 g/mol. The molecule has 1 aromatic carbocycles. The number of aryl methyl sites for hydroxylation is 1. The van der Waals surface area contributed by atoms with Gasteiger partial charge < -0.3 is 5.32 Å². The van der Waals surface area contributed by atoms with Crippen molar-refractivity contribution in [2.45, 2.75) is 13.8 Å². The molecule has 2 rings (SSSR count). The van der Waals surface area contributed by atoms with E-state index in [1.165, 1.54) is 13.1 Å². The molecule has 1 amide bonds. The van der Waals surface area contributed by atoms with Gasteiger partial charge in [0.1, 0.15) is 0 Å². The summed E-state index contributed by atoms with van der Waals surface area (Å²) in [6.07, 6.45) is 3.20. The quantitative estimate of drug-likeness (QED) is 0.857. The van der Waals surface area contributed by atoms with Crippen LogP contribution in [0.25, 0.3) is 0 Å². The Morgan fingerprint density at radius 1 is 1.11 bits per heavy atom. The predicted octanol–water partition coefficient (Wildman–Crippen LogP) is 2.84. The number of aromatic nitrogens is 1. The summed E-state index contributed by atoms with van der Waals surface area (Å²) in [6.45, 7) is 3.37. The highest BCUT2D eigenvalue weighted by Crippen LogP contribution is 2.13. The molecular formula is C15H14N2O2. The van der Waals surface area contributed by atoms with Gasteiger partial charge in [-0.2, -0.15) is 0 Å². The number of benzene rings is 1. The van der Waals surface area contributed by atoms with Crippen molar-refractivity contribution in [1.29, 1.82) is 0 Å². The van der Waals surface area contributed by atoms with Gasteiger partial charge in [-0.25, -0.2) is 0 Å². The summed E-state index contributed by atoms with van der Waals surface area (Å²) in [5, 5.41) is 2.75. The molecule has 0 aliphatic heterocycles. The normalized spacial score (nSPS) is 10.0. The van der Waals surface area contributed by atoms with E-state index in [2.05, 4.69) is 10.3 Å². The van der Waals surface area contributed by atoms with Crippen LogP contribution in [0.15, 0.2) is 42.7 Å². The van der Waals surface area contributed by atoms with Gasteiger partial charge in [0.15, 0.2) is 5.78 Å². The molecule has 0 spiro atoms. The molecule has 1 heterocycles. The van der Waals surface area contributed by atoms with Gasteiger partial charge in [-0.15, -0.1) is 0 Å². The maximum absolute atomic E-state index is 12.0. The number of carbonyl (C=O) groups excluding carboxylic acids is 2. The second kappa shape index (κ2) is 5.44. The first-order valence-electron chi connectivity index (χ1n) is 5.90. The van der Waals surface area contributed by atoms with Crippen molar-refractivity contribution in [3.8, 4) is 0 Å². The minimum Gasteiger partial charge on any atom is -0.322 e. The van der Waals surface area contributed by atoms with Gasteiger partial charge >= 0.3 is 0 Å². The van der Waals surface area contributed by atoms with Crippen molar-refractivity contribution in [3.63, 3.8) is 0 Å². The van der Waals surface area contributed by atoms with E-state index in [0.717, 1.165) is 5.56 Å². The van der Waals surface area contributed by atoms with Crippen molar-refractivity contribution in [2.75, 3.05) is 5.32 Å². The molecule has 0 aliphatic carbocycles. The van der Waals surface area contributed by atoms with Crippen molar-refractivity contribution >= 4 is 17.4 Å². The van der Waals surface area contributed by atoms with Crippen LogP contribution in [0.4, 0.5) is 5.69 Å². The van der Waals surface area contributed by atoms with Crippen molar-refractivity contribution in [1.82, 2.24) is 4.98 Å². The fourth-order valence-corrected chi connectivity index (χ4v) is 1.70. The van der Waals surface area contributed by atoms with Crippen LogP contribution in [0.2, 0.25) is 0 Å². The molecule has 1 aromatic heterocycles. The molecule has 0 unspecified atom stereocenters. The van der Waals surface area contributed by atoms with E-state index in [1.54, 1.807) is 36.5 Å². The van der Waals surface area contributed by atoms with E-state index >= 15 is 0 Å². The van der Waals surface area contributed by atoms with Crippen LogP contribution in [0.1, 0.15) is 33.2 Å². The first kappa shape index (κ1) is 13.0. The molecule has 4 nitrogen and oxygen atoms in total. The van der Waals surface area contributed by atoms with Gasteiger partial charge in [-0.3, -0.25) is 14.6 Å². The maximum Gasteiger partial charge on any atom is 0.257 e. The number of amides is 1. The average Bonchev–Trinajstić information content (AvgIpc) is 2.39. The van der Waals surface area contributed by atoms with Crippen LogP contribution in [-0.4, -0.2) is 16.7 Å². The minimum absolute atomic E-state index is 0.0340. The van der Waals surface area contributed by atoms with E-state index in [9.17, 15) is 9.59 Å². The first-order valence-corrected chi connectivity index (χ1v) is 5.90. The summed E-state index contributed by atoms with van der Waals surface area (Å²) in [4.78, 5) is 27.3. The predicted molar refractivity (Wildman–Crippen MR) is 73.4 cm³/mol. The smallest absolute Gasteiger partial charge is 0.257 e. The zero-order chi connectivity index (χ0) is 13.8. The Labute approximate surface area is 111 Å². The molecule has 19 heavy (non-hydrogen) atoms. The van der Waals surface area contributed by atoms with Crippen molar-refractivity contribution in [2.24, 2.45) is 0 Å². The van der Waals surface area contributed by atoms with E-state index in [4.69, 9.17) is 0 Å². The number of Topliss-reactive ketones (excluding diaryl/α,β-unsaturated/α-hetero) is 1. The lowest BCUT2D eigenvalue weighted by Crippen LogP contribution is -2.12. The topological polar surface area (TPSA) is 59.1 Å². The third kappa shape index (κ3) is 3.25. The van der Waals surface area contributed by atoms with Crippen molar-refractivity contribution < 1.29 is 9.59 Å². The standard InChI is InChI=1S/C15H14N2O2/c1-10-6-13(9-16-8-10)15(19)17-14-5-3-4-12(7-14)11(2)18/h3-9H,1-2H3,(H,17,19). The van der Waals surface area contributed by atoms with Gasteiger partial charge in [-0.1, -0.05) is 12.1 Å². The van der Waals surface area contributed by atoms with Gasteiger partial charge in [0.25, 0.3) is 5.91 Å². The zero-order valence-electron chi connectivity index (χ0n) is 10.8. The Morgan fingerprint density at radius 2 is 1.89 bits per heavy atom. The monoisotopic (exact) mass is 254 g/mol. The molecule has 0 bridgehead atoms. The van der Waals surface area contributed by atoms with Gasteiger partial charge in [0.05, 0.1) is 5.56 Å². The SMILES string of the molecule is CC(=O)c1cccc(NC(=O)c2cncc(C)c2)c1. The number of carbonyl (C=O) groups is 2. The fourth-order valence-electron chi connectivity index (χ4n) is 1.70. The van der Waals surface area contributed by atoms with Gasteiger partial charge in [0.2, 0.25) is 0 Å². The molecule has 2 aromatic rings. The third-order valence-corrected chi connectivity index (χ3v) is 2.66. The van der Waals surface area contributed by atoms with Crippen LogP contribution in [-0.2, 0) is 0 Å². The van der Waals surface area contributed by atoms with E-state index in [0.29, 0.717) is 16.8 Å². The van der Waals surface area contributed by atoms with E-state index < -0.39 is 0 Å². The lowest BCUT2D eigenvalue weighted by Gasteiger charge is -2.06. The lowest BCUT2D eigenvalue weighted by molar-refractivity contribution is 0.101. The number of ketones is 1. The molecule has 0 aliphatic rings. The van der Waals surface area contributed by atoms with Gasteiger partial charge in [-0.05, 0) is 37.6 Å². The summed E-state index contributed by atoms with van der Waals surface area (Å²) < 4.78 is 0. The zero-order valence-corrected chi connectivity index (χ0v) is 10.8. The van der Waals surface area contributed by atoms with Crippen LogP contribution < -0.4 is 5.32 Å². The molecule has 96 valence electrons. The molecule has 0 radical (unpaired) electrons. The number of rotatable bonds is 3. The number of nitrogens with zero attached hydrogens (tertiary/aromatic N) is 1. The second-order valence-electron chi connectivity index (χ2n) is 4.34. The highest BCUT2D eigenvalue weighted by molar-refractivity contribution is 6.05. The molecule has 1 N–H and O–H groups in total. The number of nitrogens with one attached hydrogen (secondary N) is 1. The summed E-state index contributed by atoms with van der Waals surface area (Å²) in [5.41, 5.74) is 2.58.